The van der Waals surface area contributed by atoms with E-state index in [1.54, 1.807) is 5.32 Å². The number of nitrogens with one attached hydrogen (secondary N) is 3. The second kappa shape index (κ2) is 13.8. The highest BCUT2D eigenvalue weighted by Gasteiger charge is 2.67. The summed E-state index contributed by atoms with van der Waals surface area (Å²) in [5.41, 5.74) is -4.16. The Hall–Kier alpha value is -3.54. The van der Waals surface area contributed by atoms with Crippen molar-refractivity contribution >= 4 is 80.4 Å². The summed E-state index contributed by atoms with van der Waals surface area (Å²) >= 11 is 18.5. The minimum Gasteiger partial charge on any atom is -0.326 e. The van der Waals surface area contributed by atoms with Crippen LogP contribution in [0.2, 0.25) is 5.02 Å². The van der Waals surface area contributed by atoms with Crippen LogP contribution in [0.25, 0.3) is 0 Å². The number of carbonyl (C=O) groups is 3. The Morgan fingerprint density at radius 1 is 0.854 bits per heavy atom. The lowest BCUT2D eigenvalue weighted by Crippen LogP contribution is -2.27. The third-order valence-electron chi connectivity index (χ3n) is 6.69. The van der Waals surface area contributed by atoms with Gasteiger partial charge in [-0.2, -0.15) is 26.3 Å². The molecule has 3 atom stereocenters. The van der Waals surface area contributed by atoms with Gasteiger partial charge in [0.05, 0.1) is 27.8 Å². The molecule has 0 aromatic heterocycles. The largest absolute Gasteiger partial charge is 0.419 e. The normalized spacial score (nSPS) is 17.8. The maximum atomic E-state index is 15.1. The van der Waals surface area contributed by atoms with Gasteiger partial charge in [0.15, 0.2) is 5.82 Å². The first kappa shape index (κ1) is 37.3. The van der Waals surface area contributed by atoms with Crippen molar-refractivity contribution in [2.24, 2.45) is 5.92 Å². The van der Waals surface area contributed by atoms with Crippen LogP contribution in [0.15, 0.2) is 48.5 Å². The molecule has 0 radical (unpaired) electrons. The quantitative estimate of drug-likeness (QED) is 0.153. The lowest BCUT2D eigenvalue weighted by Gasteiger charge is -2.14. The Morgan fingerprint density at radius 2 is 1.50 bits per heavy atom. The molecule has 4 rings (SSSR count). The summed E-state index contributed by atoms with van der Waals surface area (Å²) in [5, 5.41) is 5.86. The van der Waals surface area contributed by atoms with Gasteiger partial charge in [-0.25, -0.2) is 13.2 Å². The minimum absolute atomic E-state index is 0.112. The number of alkyl halides is 8. The van der Waals surface area contributed by atoms with Gasteiger partial charge < -0.3 is 16.0 Å². The highest BCUT2D eigenvalue weighted by molar-refractivity contribution is 7.85. The van der Waals surface area contributed by atoms with E-state index in [-0.39, 0.29) is 16.3 Å². The predicted molar refractivity (Wildman–Crippen MR) is 159 cm³/mol. The Morgan fingerprint density at radius 3 is 2.12 bits per heavy atom. The zero-order valence-electron chi connectivity index (χ0n) is 23.3. The molecule has 48 heavy (non-hydrogen) atoms. The maximum absolute atomic E-state index is 15.1. The Balaban J connectivity index is 1.48. The van der Waals surface area contributed by atoms with Gasteiger partial charge in [-0.15, -0.1) is 23.2 Å². The summed E-state index contributed by atoms with van der Waals surface area (Å²) in [4.78, 5) is 38.0. The Labute approximate surface area is 281 Å². The first-order valence-electron chi connectivity index (χ1n) is 13.0. The van der Waals surface area contributed by atoms with Gasteiger partial charge in [0, 0.05) is 22.4 Å². The first-order chi connectivity index (χ1) is 22.1. The fraction of sp³-hybridized carbons (Fsp3) is 0.250. The van der Waals surface area contributed by atoms with Crippen molar-refractivity contribution in [1.29, 1.82) is 0 Å². The fourth-order valence-corrected chi connectivity index (χ4v) is 6.39. The number of hydrogen-bond donors (Lipinski definition) is 3. The summed E-state index contributed by atoms with van der Waals surface area (Å²) < 4.78 is 129. The van der Waals surface area contributed by atoms with E-state index in [1.165, 1.54) is 6.07 Å². The molecule has 0 saturated heterocycles. The molecule has 7 nitrogen and oxygen atoms in total. The molecule has 0 bridgehead atoms. The number of anilines is 3. The van der Waals surface area contributed by atoms with E-state index >= 15 is 4.39 Å². The van der Waals surface area contributed by atoms with Crippen molar-refractivity contribution in [1.82, 2.24) is 0 Å². The van der Waals surface area contributed by atoms with Gasteiger partial charge in [0.25, 0.3) is 5.91 Å². The van der Waals surface area contributed by atoms with E-state index in [0.29, 0.717) is 18.2 Å². The predicted octanol–water partition coefficient (Wildman–Crippen LogP) is 7.80. The molecular weight excluding hydrogens is 752 g/mol. The summed E-state index contributed by atoms with van der Waals surface area (Å²) in [5.74, 6) is -13.5. The summed E-state index contributed by atoms with van der Waals surface area (Å²) in [6.45, 7) is 0. The van der Waals surface area contributed by atoms with Crippen molar-refractivity contribution in [3.63, 3.8) is 0 Å². The second-order valence-corrected chi connectivity index (χ2v) is 13.5. The molecule has 3 aromatic carbocycles. The third-order valence-corrected chi connectivity index (χ3v) is 9.19. The fourth-order valence-electron chi connectivity index (χ4n) is 4.53. The van der Waals surface area contributed by atoms with Gasteiger partial charge in [-0.3, -0.25) is 18.6 Å². The molecule has 1 saturated carbocycles. The van der Waals surface area contributed by atoms with E-state index in [1.807, 2.05) is 0 Å². The summed E-state index contributed by atoms with van der Waals surface area (Å²) in [6, 6.07) is 6.74. The van der Waals surface area contributed by atoms with Gasteiger partial charge in [-0.05, 0) is 48.0 Å². The topological polar surface area (TPSA) is 104 Å². The Bertz CT molecular complexity index is 1820. The highest BCUT2D eigenvalue weighted by Crippen LogP contribution is 2.65. The summed E-state index contributed by atoms with van der Waals surface area (Å²) in [7, 11) is -2.74. The molecule has 0 spiro atoms. The monoisotopic (exact) mass is 767 g/mol. The van der Waals surface area contributed by atoms with Crippen LogP contribution < -0.4 is 16.0 Å². The van der Waals surface area contributed by atoms with Gasteiger partial charge in [0.1, 0.15) is 33.2 Å². The third kappa shape index (κ3) is 8.54. The van der Waals surface area contributed by atoms with Crippen LogP contribution in [0.4, 0.5) is 56.6 Å². The number of rotatable bonds is 9. The minimum atomic E-state index is -5.04. The first-order valence-corrected chi connectivity index (χ1v) is 15.6. The average Bonchev–Trinajstić information content (AvgIpc) is 3.53. The van der Waals surface area contributed by atoms with Crippen LogP contribution in [-0.4, -0.2) is 43.9 Å². The molecule has 1 aliphatic rings. The zero-order valence-corrected chi connectivity index (χ0v) is 26.3. The SMILES string of the molecule is O=C(CS(=O)CC(F)(F)F)Nc1c(F)ccc(NC(=O)c2cc(NC(=O)[C@H]3[C@H](c4ccc(F)c(C(F)(F)F)c4)C3(Cl)Cl)ccc2Cl)c1F. The van der Waals surface area contributed by atoms with Crippen LogP contribution in [0.1, 0.15) is 27.4 Å². The molecule has 3 amide bonds. The molecular formula is C28H17Cl3F9N3O4S. The smallest absolute Gasteiger partial charge is 0.326 e. The number of hydrogen-bond acceptors (Lipinski definition) is 4. The molecule has 3 aromatic rings. The molecule has 3 N–H and O–H groups in total. The molecule has 0 aliphatic heterocycles. The molecule has 1 unspecified atom stereocenters. The van der Waals surface area contributed by atoms with E-state index in [0.717, 1.165) is 24.3 Å². The average molecular weight is 769 g/mol. The van der Waals surface area contributed by atoms with Gasteiger partial charge >= 0.3 is 12.4 Å². The van der Waals surface area contributed by atoms with Gasteiger partial charge in [-0.1, -0.05) is 17.7 Å². The van der Waals surface area contributed by atoms with Crippen molar-refractivity contribution in [3.05, 3.63) is 87.7 Å². The van der Waals surface area contributed by atoms with Gasteiger partial charge in [0.2, 0.25) is 11.8 Å². The van der Waals surface area contributed by atoms with Crippen LogP contribution >= 0.6 is 34.8 Å². The number of halogens is 12. The van der Waals surface area contributed by atoms with Crippen LogP contribution in [0.3, 0.4) is 0 Å². The molecule has 1 aliphatic carbocycles. The highest BCUT2D eigenvalue weighted by atomic mass is 35.5. The van der Waals surface area contributed by atoms with Crippen molar-refractivity contribution in [2.45, 2.75) is 22.6 Å². The standard InChI is InChI=1S/C28H17Cl3F9N3O4S/c29-15-3-2-12(41-25(46)21-20(27(21,30)31)11-1-4-16(32)14(7-11)28(38,39)40)8-13(15)24(45)42-18-6-5-17(33)23(22(18)34)43-19(44)9-48(47)10-26(35,36)37/h1-8,20-21H,9-10H2,(H,41,46)(H,42,45)(H,43,44)/t20-,21+,48?/m0/s1. The van der Waals surface area contributed by atoms with Crippen LogP contribution in [0, 0.1) is 23.4 Å². The lowest BCUT2D eigenvalue weighted by atomic mass is 10.0. The Kier molecular flexibility index (Phi) is 10.7. The van der Waals surface area contributed by atoms with Crippen molar-refractivity contribution < 1.29 is 58.1 Å². The molecule has 1 fully saturated rings. The van der Waals surface area contributed by atoms with E-state index in [4.69, 9.17) is 34.8 Å². The van der Waals surface area contributed by atoms with E-state index < -0.39 is 109 Å². The van der Waals surface area contributed by atoms with Crippen molar-refractivity contribution in [3.8, 4) is 0 Å². The van der Waals surface area contributed by atoms with Crippen LogP contribution in [0.5, 0.6) is 0 Å². The van der Waals surface area contributed by atoms with E-state index in [9.17, 15) is 53.7 Å². The van der Waals surface area contributed by atoms with E-state index in [2.05, 4.69) is 10.6 Å². The number of carbonyl (C=O) groups excluding carboxylic acids is 3. The molecule has 258 valence electrons. The molecule has 0 heterocycles. The molecule has 20 heteroatoms. The van der Waals surface area contributed by atoms with Crippen LogP contribution in [-0.2, 0) is 26.6 Å². The summed E-state index contributed by atoms with van der Waals surface area (Å²) in [6.07, 6.45) is -9.90. The maximum Gasteiger partial charge on any atom is 0.419 e. The second-order valence-electron chi connectivity index (χ2n) is 10.2. The lowest BCUT2D eigenvalue weighted by molar-refractivity contribution is -0.140. The number of benzene rings is 3. The zero-order chi connectivity index (χ0) is 35.9. The van der Waals surface area contributed by atoms with Crippen molar-refractivity contribution in [2.75, 3.05) is 27.5 Å². The number of amides is 3.